The van der Waals surface area contributed by atoms with Crippen LogP contribution >= 0.6 is 0 Å². The molecule has 14 heavy (non-hydrogen) atoms. The lowest BCUT2D eigenvalue weighted by Gasteiger charge is -2.35. The highest BCUT2D eigenvalue weighted by Crippen LogP contribution is 2.22. The highest BCUT2D eigenvalue weighted by Gasteiger charge is 2.51. The van der Waals surface area contributed by atoms with Crippen molar-refractivity contribution in [1.82, 2.24) is 0 Å². The van der Waals surface area contributed by atoms with E-state index in [9.17, 15) is 9.59 Å². The van der Waals surface area contributed by atoms with Gasteiger partial charge in [0.25, 0.3) is 11.6 Å². The maximum absolute atomic E-state index is 10.4. The molecule has 0 saturated carbocycles. The molecule has 8 nitrogen and oxygen atoms in total. The number of carboxylic acid groups (broad SMARTS) is 2. The molecule has 0 bridgehead atoms. The van der Waals surface area contributed by atoms with Crippen LogP contribution in [0.2, 0.25) is 0 Å². The maximum atomic E-state index is 10.4. The van der Waals surface area contributed by atoms with Gasteiger partial charge in [-0.25, -0.2) is 9.59 Å². The predicted molar refractivity (Wildman–Crippen MR) is 37.1 cm³/mol. The fourth-order valence-corrected chi connectivity index (χ4v) is 0.765. The molecule has 1 aliphatic rings. The molecule has 80 valence electrons. The van der Waals surface area contributed by atoms with Crippen molar-refractivity contribution >= 4 is 11.9 Å². The fraction of sp³-hybridized carbons (Fsp3) is 0.667. The first-order valence-corrected chi connectivity index (χ1v) is 3.50. The van der Waals surface area contributed by atoms with Crippen LogP contribution in [0, 0.1) is 0 Å². The Bertz CT molecular complexity index is 235. The lowest BCUT2D eigenvalue weighted by molar-refractivity contribution is -0.347. The van der Waals surface area contributed by atoms with Crippen LogP contribution < -0.4 is 0 Å². The summed E-state index contributed by atoms with van der Waals surface area (Å²) in [4.78, 5) is 20.7. The van der Waals surface area contributed by atoms with E-state index >= 15 is 0 Å². The van der Waals surface area contributed by atoms with E-state index in [1.807, 2.05) is 0 Å². The second-order valence-electron chi connectivity index (χ2n) is 2.76. The van der Waals surface area contributed by atoms with E-state index in [2.05, 4.69) is 9.47 Å². The number of hydrogen-bond donors (Lipinski definition) is 4. The Morgan fingerprint density at radius 2 is 1.21 bits per heavy atom. The van der Waals surface area contributed by atoms with Crippen molar-refractivity contribution in [2.45, 2.75) is 11.6 Å². The Morgan fingerprint density at radius 1 is 0.929 bits per heavy atom. The van der Waals surface area contributed by atoms with Crippen molar-refractivity contribution in [1.29, 1.82) is 0 Å². The van der Waals surface area contributed by atoms with Crippen molar-refractivity contribution < 1.29 is 39.5 Å². The van der Waals surface area contributed by atoms with Gasteiger partial charge in [0.05, 0.1) is 0 Å². The molecular weight excluding hydrogens is 200 g/mol. The maximum Gasteiger partial charge on any atom is 0.366 e. The smallest absolute Gasteiger partial charge is 0.366 e. The molecule has 0 aromatic heterocycles. The van der Waals surface area contributed by atoms with Gasteiger partial charge in [-0.15, -0.1) is 0 Å². The summed E-state index contributed by atoms with van der Waals surface area (Å²) in [6.07, 6.45) is 0. The number of ether oxygens (including phenoxy) is 2. The van der Waals surface area contributed by atoms with E-state index in [0.29, 0.717) is 0 Å². The van der Waals surface area contributed by atoms with Gasteiger partial charge in [-0.05, 0) is 0 Å². The number of carboxylic acids is 2. The first kappa shape index (κ1) is 10.9. The number of aliphatic hydroxyl groups is 2. The second kappa shape index (κ2) is 3.17. The highest BCUT2D eigenvalue weighted by molar-refractivity contribution is 5.78. The standard InChI is InChI=1S/C6H8O8/c7-3(8)5(11)1-13-6(12,2-14-5)4(9)10/h11-12H,1-2H2,(H,7,8)(H,9,10). The van der Waals surface area contributed by atoms with Gasteiger partial charge in [0.2, 0.25) is 0 Å². The van der Waals surface area contributed by atoms with Crippen molar-refractivity contribution in [3.05, 3.63) is 0 Å². The number of carbonyl (C=O) groups is 2. The third-order valence-corrected chi connectivity index (χ3v) is 1.68. The molecule has 0 radical (unpaired) electrons. The van der Waals surface area contributed by atoms with Crippen LogP contribution in [0.3, 0.4) is 0 Å². The lowest BCUT2D eigenvalue weighted by Crippen LogP contribution is -2.60. The van der Waals surface area contributed by atoms with Gasteiger partial charge in [0, 0.05) is 0 Å². The van der Waals surface area contributed by atoms with E-state index in [1.54, 1.807) is 0 Å². The molecule has 0 spiro atoms. The summed E-state index contributed by atoms with van der Waals surface area (Å²) in [6, 6.07) is 0. The molecule has 0 amide bonds. The highest BCUT2D eigenvalue weighted by atomic mass is 16.7. The Balaban J connectivity index is 2.71. The summed E-state index contributed by atoms with van der Waals surface area (Å²) < 4.78 is 8.61. The van der Waals surface area contributed by atoms with Crippen molar-refractivity contribution in [2.24, 2.45) is 0 Å². The Morgan fingerprint density at radius 3 is 1.36 bits per heavy atom. The summed E-state index contributed by atoms with van der Waals surface area (Å²) >= 11 is 0. The first-order valence-electron chi connectivity index (χ1n) is 3.50. The first-order chi connectivity index (χ1) is 6.30. The van der Waals surface area contributed by atoms with Crippen LogP contribution in [0.25, 0.3) is 0 Å². The molecule has 1 heterocycles. The minimum Gasteiger partial charge on any atom is -0.477 e. The summed E-state index contributed by atoms with van der Waals surface area (Å²) in [5, 5.41) is 35.1. The zero-order chi connectivity index (χ0) is 11.0. The molecule has 0 aromatic carbocycles. The van der Waals surface area contributed by atoms with Crippen LogP contribution in [0.1, 0.15) is 0 Å². The largest absolute Gasteiger partial charge is 0.477 e. The van der Waals surface area contributed by atoms with Gasteiger partial charge in [-0.1, -0.05) is 0 Å². The monoisotopic (exact) mass is 208 g/mol. The quantitative estimate of drug-likeness (QED) is 0.394. The molecule has 0 aromatic rings. The normalized spacial score (nSPS) is 37.9. The molecule has 0 aliphatic carbocycles. The Kier molecular flexibility index (Phi) is 2.46. The average Bonchev–Trinajstić information content (AvgIpc) is 2.10. The van der Waals surface area contributed by atoms with Gasteiger partial charge in [0.15, 0.2) is 0 Å². The SMILES string of the molecule is O=C(O)C1(O)COC(O)(C(=O)O)CO1. The van der Waals surface area contributed by atoms with E-state index in [0.717, 1.165) is 0 Å². The van der Waals surface area contributed by atoms with Gasteiger partial charge in [0.1, 0.15) is 13.2 Å². The van der Waals surface area contributed by atoms with Crippen LogP contribution in [-0.4, -0.2) is 57.2 Å². The molecule has 8 heteroatoms. The molecule has 2 atom stereocenters. The zero-order valence-corrected chi connectivity index (χ0v) is 6.84. The second-order valence-corrected chi connectivity index (χ2v) is 2.76. The van der Waals surface area contributed by atoms with Crippen LogP contribution in [0.4, 0.5) is 0 Å². The average molecular weight is 208 g/mol. The molecule has 1 rings (SSSR count). The Labute approximate surface area is 77.3 Å². The molecule has 1 aliphatic heterocycles. The number of aliphatic carboxylic acids is 2. The topological polar surface area (TPSA) is 134 Å². The fourth-order valence-electron chi connectivity index (χ4n) is 0.765. The van der Waals surface area contributed by atoms with E-state index < -0.39 is 36.7 Å². The van der Waals surface area contributed by atoms with Gasteiger partial charge in [-0.2, -0.15) is 0 Å². The Hall–Kier alpha value is -1.22. The third-order valence-electron chi connectivity index (χ3n) is 1.68. The summed E-state index contributed by atoms with van der Waals surface area (Å²) in [6.45, 7) is -1.93. The van der Waals surface area contributed by atoms with Crippen LogP contribution in [0.5, 0.6) is 0 Å². The predicted octanol–water partition coefficient (Wildman–Crippen LogP) is -2.42. The summed E-state index contributed by atoms with van der Waals surface area (Å²) in [7, 11) is 0. The van der Waals surface area contributed by atoms with Gasteiger partial charge < -0.3 is 29.9 Å². The van der Waals surface area contributed by atoms with Crippen molar-refractivity contribution in [3.63, 3.8) is 0 Å². The van der Waals surface area contributed by atoms with E-state index in [-0.39, 0.29) is 0 Å². The van der Waals surface area contributed by atoms with Crippen molar-refractivity contribution in [3.8, 4) is 0 Å². The summed E-state index contributed by atoms with van der Waals surface area (Å²) in [5.41, 5.74) is 0. The van der Waals surface area contributed by atoms with Crippen LogP contribution in [-0.2, 0) is 19.1 Å². The minimum atomic E-state index is -2.61. The van der Waals surface area contributed by atoms with Gasteiger partial charge in [-0.3, -0.25) is 0 Å². The third kappa shape index (κ3) is 1.68. The van der Waals surface area contributed by atoms with Crippen molar-refractivity contribution in [2.75, 3.05) is 13.2 Å². The van der Waals surface area contributed by atoms with E-state index in [4.69, 9.17) is 20.4 Å². The number of rotatable bonds is 2. The van der Waals surface area contributed by atoms with Gasteiger partial charge >= 0.3 is 11.9 Å². The summed E-state index contributed by atoms with van der Waals surface area (Å²) in [5.74, 6) is -8.65. The minimum absolute atomic E-state index is 0.967. The lowest BCUT2D eigenvalue weighted by atomic mass is 10.2. The number of hydrogen-bond acceptors (Lipinski definition) is 6. The molecular formula is C6H8O8. The molecule has 4 N–H and O–H groups in total. The zero-order valence-electron chi connectivity index (χ0n) is 6.84. The van der Waals surface area contributed by atoms with E-state index in [1.165, 1.54) is 0 Å². The molecule has 1 saturated heterocycles. The molecule has 1 fully saturated rings. The molecule has 2 unspecified atom stereocenters. The van der Waals surface area contributed by atoms with Crippen LogP contribution in [0.15, 0.2) is 0 Å².